The summed E-state index contributed by atoms with van der Waals surface area (Å²) in [7, 11) is 0. The minimum Gasteiger partial charge on any atom is -0.381 e. The Balaban J connectivity index is 2.03. The fourth-order valence-corrected chi connectivity index (χ4v) is 3.42. The molecule has 1 aromatic rings. The van der Waals surface area contributed by atoms with E-state index in [-0.39, 0.29) is 11.3 Å². The second-order valence-corrected chi connectivity index (χ2v) is 5.84. The van der Waals surface area contributed by atoms with E-state index in [1.165, 1.54) is 4.88 Å². The molecule has 100 valence electrons. The average Bonchev–Trinajstić information content (AvgIpc) is 2.92. The van der Waals surface area contributed by atoms with Gasteiger partial charge in [0.2, 0.25) is 5.91 Å². The van der Waals surface area contributed by atoms with Crippen molar-refractivity contribution in [3.63, 3.8) is 0 Å². The van der Waals surface area contributed by atoms with E-state index in [9.17, 15) is 4.79 Å². The monoisotopic (exact) mass is 267 g/mol. The van der Waals surface area contributed by atoms with Gasteiger partial charge in [-0.3, -0.25) is 4.79 Å². The molecule has 0 aromatic carbocycles. The van der Waals surface area contributed by atoms with E-state index in [2.05, 4.69) is 22.8 Å². The number of ether oxygens (including phenoxy) is 1. The van der Waals surface area contributed by atoms with Crippen LogP contribution >= 0.6 is 11.3 Å². The highest BCUT2D eigenvalue weighted by Crippen LogP contribution is 2.36. The minimum atomic E-state index is 0.0931. The third-order valence-corrected chi connectivity index (χ3v) is 4.71. The number of thiophene rings is 1. The fourth-order valence-electron chi connectivity index (χ4n) is 2.44. The van der Waals surface area contributed by atoms with E-state index in [4.69, 9.17) is 4.74 Å². The Morgan fingerprint density at radius 1 is 1.50 bits per heavy atom. The van der Waals surface area contributed by atoms with Gasteiger partial charge >= 0.3 is 0 Å². The van der Waals surface area contributed by atoms with Crippen LogP contribution in [0.4, 0.5) is 0 Å². The van der Waals surface area contributed by atoms with Crippen molar-refractivity contribution in [1.29, 1.82) is 0 Å². The molecular formula is C14H21NO2S. The van der Waals surface area contributed by atoms with Crippen molar-refractivity contribution in [3.8, 4) is 0 Å². The molecule has 0 radical (unpaired) electrons. The number of carbonyl (C=O) groups excluding carboxylic acids is 1. The molecular weight excluding hydrogens is 246 g/mol. The van der Waals surface area contributed by atoms with Crippen LogP contribution in [0, 0.1) is 0 Å². The Labute approximate surface area is 113 Å². The summed E-state index contributed by atoms with van der Waals surface area (Å²) in [4.78, 5) is 13.0. The highest BCUT2D eigenvalue weighted by atomic mass is 32.1. The lowest BCUT2D eigenvalue weighted by Crippen LogP contribution is -2.44. The number of nitrogens with one attached hydrogen (secondary N) is 1. The van der Waals surface area contributed by atoms with Crippen molar-refractivity contribution in [2.75, 3.05) is 19.8 Å². The summed E-state index contributed by atoms with van der Waals surface area (Å²) < 4.78 is 5.47. The highest BCUT2D eigenvalue weighted by Gasteiger charge is 2.35. The van der Waals surface area contributed by atoms with Gasteiger partial charge in [0.05, 0.1) is 0 Å². The number of carbonyl (C=O) groups is 1. The lowest BCUT2D eigenvalue weighted by molar-refractivity contribution is -0.121. The van der Waals surface area contributed by atoms with Crippen LogP contribution in [-0.2, 0) is 14.9 Å². The third kappa shape index (κ3) is 3.12. The molecule has 4 heteroatoms. The zero-order valence-corrected chi connectivity index (χ0v) is 11.7. The molecule has 18 heavy (non-hydrogen) atoms. The molecule has 1 saturated heterocycles. The maximum atomic E-state index is 11.7. The van der Waals surface area contributed by atoms with Gasteiger partial charge in [-0.2, -0.15) is 0 Å². The lowest BCUT2D eigenvalue weighted by atomic mass is 9.78. The minimum absolute atomic E-state index is 0.0931. The maximum absolute atomic E-state index is 11.7. The molecule has 3 nitrogen and oxygen atoms in total. The number of rotatable bonds is 5. The maximum Gasteiger partial charge on any atom is 0.220 e. The van der Waals surface area contributed by atoms with Crippen LogP contribution in [0.25, 0.3) is 0 Å². The number of amides is 1. The first-order valence-corrected chi connectivity index (χ1v) is 7.53. The molecule has 1 fully saturated rings. The first kappa shape index (κ1) is 13.6. The average molecular weight is 267 g/mol. The van der Waals surface area contributed by atoms with Gasteiger partial charge in [0.1, 0.15) is 0 Å². The molecule has 1 N–H and O–H groups in total. The summed E-state index contributed by atoms with van der Waals surface area (Å²) >= 11 is 1.79. The topological polar surface area (TPSA) is 38.3 Å². The van der Waals surface area contributed by atoms with Crippen molar-refractivity contribution in [2.24, 2.45) is 0 Å². The molecule has 1 amide bonds. The Morgan fingerprint density at radius 2 is 2.28 bits per heavy atom. The van der Waals surface area contributed by atoms with Gasteiger partial charge < -0.3 is 10.1 Å². The molecule has 0 aliphatic carbocycles. The first-order valence-electron chi connectivity index (χ1n) is 6.65. The Bertz CT molecular complexity index is 369. The second-order valence-electron chi connectivity index (χ2n) is 4.90. The lowest BCUT2D eigenvalue weighted by Gasteiger charge is -2.36. The quantitative estimate of drug-likeness (QED) is 0.891. The number of hydrogen-bond acceptors (Lipinski definition) is 3. The zero-order chi connectivity index (χ0) is 12.8. The van der Waals surface area contributed by atoms with E-state index in [0.29, 0.717) is 6.42 Å². The van der Waals surface area contributed by atoms with Crippen molar-refractivity contribution >= 4 is 17.2 Å². The molecule has 0 atom stereocenters. The normalized spacial score (nSPS) is 18.5. The Morgan fingerprint density at radius 3 is 2.89 bits per heavy atom. The van der Waals surface area contributed by atoms with Gasteiger partial charge in [-0.15, -0.1) is 11.3 Å². The molecule has 2 heterocycles. The van der Waals surface area contributed by atoms with Gasteiger partial charge in [0.25, 0.3) is 0 Å². The van der Waals surface area contributed by atoms with Gasteiger partial charge in [-0.25, -0.2) is 0 Å². The molecule has 1 aromatic heterocycles. The summed E-state index contributed by atoms with van der Waals surface area (Å²) in [5, 5.41) is 5.21. The standard InChI is InChI=1S/C14H21NO2S/c1-2-4-13(16)15-11-14(6-8-17-9-7-14)12-5-3-10-18-12/h3,5,10H,2,4,6-9,11H2,1H3,(H,15,16). The van der Waals surface area contributed by atoms with Crippen LogP contribution in [0.5, 0.6) is 0 Å². The van der Waals surface area contributed by atoms with Gasteiger partial charge in [-0.1, -0.05) is 13.0 Å². The zero-order valence-electron chi connectivity index (χ0n) is 10.9. The Hall–Kier alpha value is -0.870. The predicted octanol–water partition coefficient (Wildman–Crippen LogP) is 2.71. The van der Waals surface area contributed by atoms with E-state index in [1.807, 2.05) is 6.92 Å². The van der Waals surface area contributed by atoms with E-state index in [0.717, 1.165) is 39.0 Å². The van der Waals surface area contributed by atoms with Crippen molar-refractivity contribution < 1.29 is 9.53 Å². The van der Waals surface area contributed by atoms with Gasteiger partial charge in [0, 0.05) is 36.5 Å². The molecule has 0 unspecified atom stereocenters. The van der Waals surface area contributed by atoms with Crippen LogP contribution < -0.4 is 5.32 Å². The van der Waals surface area contributed by atoms with Crippen LogP contribution in [0.1, 0.15) is 37.5 Å². The van der Waals surface area contributed by atoms with E-state index in [1.54, 1.807) is 11.3 Å². The largest absolute Gasteiger partial charge is 0.381 e. The second kappa shape index (κ2) is 6.34. The van der Waals surface area contributed by atoms with Gasteiger partial charge in [-0.05, 0) is 30.7 Å². The molecule has 1 aliphatic rings. The van der Waals surface area contributed by atoms with Gasteiger partial charge in [0.15, 0.2) is 0 Å². The molecule has 0 spiro atoms. The summed E-state index contributed by atoms with van der Waals surface area (Å²) in [5.41, 5.74) is 0.0931. The van der Waals surface area contributed by atoms with Crippen LogP contribution in [0.2, 0.25) is 0 Å². The van der Waals surface area contributed by atoms with Crippen LogP contribution in [0.3, 0.4) is 0 Å². The summed E-state index contributed by atoms with van der Waals surface area (Å²) in [5.74, 6) is 0.167. The summed E-state index contributed by atoms with van der Waals surface area (Å²) in [6.07, 6.45) is 3.53. The predicted molar refractivity (Wildman–Crippen MR) is 74.0 cm³/mol. The molecule has 0 bridgehead atoms. The smallest absolute Gasteiger partial charge is 0.220 e. The SMILES string of the molecule is CCCC(=O)NCC1(c2cccs2)CCOCC1. The number of hydrogen-bond donors (Lipinski definition) is 1. The molecule has 1 aliphatic heterocycles. The highest BCUT2D eigenvalue weighted by molar-refractivity contribution is 7.10. The van der Waals surface area contributed by atoms with Crippen molar-refractivity contribution in [2.45, 2.75) is 38.0 Å². The van der Waals surface area contributed by atoms with Crippen molar-refractivity contribution in [3.05, 3.63) is 22.4 Å². The fraction of sp³-hybridized carbons (Fsp3) is 0.643. The van der Waals surface area contributed by atoms with Crippen molar-refractivity contribution in [1.82, 2.24) is 5.32 Å². The van der Waals surface area contributed by atoms with E-state index < -0.39 is 0 Å². The third-order valence-electron chi connectivity index (χ3n) is 3.59. The first-order chi connectivity index (χ1) is 8.77. The molecule has 2 rings (SSSR count). The summed E-state index contributed by atoms with van der Waals surface area (Å²) in [6.45, 7) is 4.36. The van der Waals surface area contributed by atoms with Crippen LogP contribution in [-0.4, -0.2) is 25.7 Å². The molecule has 0 saturated carbocycles. The van der Waals surface area contributed by atoms with Crippen LogP contribution in [0.15, 0.2) is 17.5 Å². The summed E-state index contributed by atoms with van der Waals surface area (Å²) in [6, 6.07) is 4.27. The van der Waals surface area contributed by atoms with E-state index >= 15 is 0 Å². The Kier molecular flexibility index (Phi) is 4.78.